The Labute approximate surface area is 102 Å². The number of benzene rings is 1. The molecule has 1 N–H and O–H groups in total. The molecule has 88 valence electrons. The molecule has 0 radical (unpaired) electrons. The summed E-state index contributed by atoms with van der Waals surface area (Å²) >= 11 is 6.09. The van der Waals surface area contributed by atoms with E-state index < -0.39 is 0 Å². The average molecular weight is 240 g/mol. The molecule has 0 aliphatic rings. The third-order valence-electron chi connectivity index (χ3n) is 2.07. The van der Waals surface area contributed by atoms with Crippen molar-refractivity contribution in [2.45, 2.75) is 26.4 Å². The Morgan fingerprint density at radius 1 is 1.50 bits per heavy atom. The topological polar surface area (TPSA) is 21.3 Å². The van der Waals surface area contributed by atoms with Crippen molar-refractivity contribution < 1.29 is 4.74 Å². The molecule has 0 bridgehead atoms. The van der Waals surface area contributed by atoms with Crippen LogP contribution in [0.15, 0.2) is 30.9 Å². The summed E-state index contributed by atoms with van der Waals surface area (Å²) in [7, 11) is 0. The van der Waals surface area contributed by atoms with Crippen molar-refractivity contribution in [1.82, 2.24) is 5.32 Å². The van der Waals surface area contributed by atoms with Gasteiger partial charge >= 0.3 is 0 Å². The number of nitrogens with one attached hydrogen (secondary N) is 1. The van der Waals surface area contributed by atoms with E-state index in [9.17, 15) is 0 Å². The van der Waals surface area contributed by atoms with Crippen molar-refractivity contribution in [2.24, 2.45) is 0 Å². The highest BCUT2D eigenvalue weighted by atomic mass is 35.5. The predicted octanol–water partition coefficient (Wildman–Crippen LogP) is 3.40. The molecule has 0 saturated heterocycles. The van der Waals surface area contributed by atoms with E-state index in [1.807, 2.05) is 18.2 Å². The molecule has 2 nitrogen and oxygen atoms in total. The van der Waals surface area contributed by atoms with Gasteiger partial charge in [0.15, 0.2) is 0 Å². The molecule has 0 atom stereocenters. The zero-order valence-corrected chi connectivity index (χ0v) is 10.6. The number of hydrogen-bond donors (Lipinski definition) is 1. The lowest BCUT2D eigenvalue weighted by molar-refractivity contribution is 0.363. The summed E-state index contributed by atoms with van der Waals surface area (Å²) in [5.41, 5.74) is 1.16. The van der Waals surface area contributed by atoms with Gasteiger partial charge in [0.2, 0.25) is 0 Å². The van der Waals surface area contributed by atoms with Crippen molar-refractivity contribution in [3.05, 3.63) is 41.4 Å². The van der Waals surface area contributed by atoms with Gasteiger partial charge in [-0.3, -0.25) is 0 Å². The van der Waals surface area contributed by atoms with E-state index in [4.69, 9.17) is 16.3 Å². The summed E-state index contributed by atoms with van der Waals surface area (Å²) in [6.07, 6.45) is 1.70. The molecule has 0 saturated carbocycles. The van der Waals surface area contributed by atoms with E-state index in [1.54, 1.807) is 6.08 Å². The van der Waals surface area contributed by atoms with Crippen LogP contribution in [-0.4, -0.2) is 12.6 Å². The van der Waals surface area contributed by atoms with Crippen LogP contribution in [0.3, 0.4) is 0 Å². The van der Waals surface area contributed by atoms with Crippen LogP contribution in [0.1, 0.15) is 19.4 Å². The first-order valence-electron chi connectivity index (χ1n) is 5.39. The maximum atomic E-state index is 6.09. The standard InChI is InChI=1S/C13H18ClNO/c1-4-7-16-13-6-5-11(8-12(13)14)9-15-10(2)3/h4-6,8,10,15H,1,7,9H2,2-3H3. The van der Waals surface area contributed by atoms with Gasteiger partial charge in [-0.15, -0.1) is 0 Å². The largest absolute Gasteiger partial charge is 0.488 e. The van der Waals surface area contributed by atoms with E-state index in [2.05, 4.69) is 25.7 Å². The van der Waals surface area contributed by atoms with Crippen molar-refractivity contribution in [3.63, 3.8) is 0 Å². The van der Waals surface area contributed by atoms with Gasteiger partial charge in [0, 0.05) is 12.6 Å². The van der Waals surface area contributed by atoms with E-state index >= 15 is 0 Å². The van der Waals surface area contributed by atoms with Gasteiger partial charge in [-0.2, -0.15) is 0 Å². The Morgan fingerprint density at radius 2 is 2.25 bits per heavy atom. The molecule has 16 heavy (non-hydrogen) atoms. The Kier molecular flexibility index (Phi) is 5.36. The van der Waals surface area contributed by atoms with Crippen LogP contribution in [0.25, 0.3) is 0 Å². The minimum Gasteiger partial charge on any atom is -0.488 e. The maximum absolute atomic E-state index is 6.09. The first-order valence-corrected chi connectivity index (χ1v) is 5.76. The second kappa shape index (κ2) is 6.56. The van der Waals surface area contributed by atoms with Gasteiger partial charge < -0.3 is 10.1 Å². The molecular weight excluding hydrogens is 222 g/mol. The highest BCUT2D eigenvalue weighted by Gasteiger charge is 2.02. The zero-order chi connectivity index (χ0) is 12.0. The van der Waals surface area contributed by atoms with E-state index in [0.29, 0.717) is 23.4 Å². The summed E-state index contributed by atoms with van der Waals surface area (Å²) in [6.45, 7) is 9.12. The molecule has 0 aliphatic carbocycles. The smallest absolute Gasteiger partial charge is 0.138 e. The molecule has 0 spiro atoms. The van der Waals surface area contributed by atoms with Crippen LogP contribution in [-0.2, 0) is 6.54 Å². The molecular formula is C13H18ClNO. The highest BCUT2D eigenvalue weighted by molar-refractivity contribution is 6.32. The average Bonchev–Trinajstić information content (AvgIpc) is 2.25. The van der Waals surface area contributed by atoms with Crippen molar-refractivity contribution >= 4 is 11.6 Å². The summed E-state index contributed by atoms with van der Waals surface area (Å²) in [4.78, 5) is 0. The maximum Gasteiger partial charge on any atom is 0.138 e. The first kappa shape index (κ1) is 13.1. The van der Waals surface area contributed by atoms with Crippen LogP contribution in [0.2, 0.25) is 5.02 Å². The Hall–Kier alpha value is -0.990. The normalized spacial score (nSPS) is 10.5. The molecule has 1 rings (SSSR count). The van der Waals surface area contributed by atoms with Crippen LogP contribution < -0.4 is 10.1 Å². The fourth-order valence-electron chi connectivity index (χ4n) is 1.24. The van der Waals surface area contributed by atoms with Crippen LogP contribution in [0.5, 0.6) is 5.75 Å². The minimum atomic E-state index is 0.468. The Bertz CT molecular complexity index is 350. The monoisotopic (exact) mass is 239 g/mol. The summed E-state index contributed by atoms with van der Waals surface area (Å²) in [5.74, 6) is 0.704. The van der Waals surface area contributed by atoms with Gasteiger partial charge in [0.05, 0.1) is 5.02 Å². The second-order valence-corrected chi connectivity index (χ2v) is 4.31. The lowest BCUT2D eigenvalue weighted by Gasteiger charge is -2.10. The molecule has 0 fully saturated rings. The molecule has 0 aromatic heterocycles. The molecule has 0 heterocycles. The predicted molar refractivity (Wildman–Crippen MR) is 69.1 cm³/mol. The highest BCUT2D eigenvalue weighted by Crippen LogP contribution is 2.25. The van der Waals surface area contributed by atoms with E-state index in [-0.39, 0.29) is 0 Å². The van der Waals surface area contributed by atoms with Crippen LogP contribution >= 0.6 is 11.6 Å². The lowest BCUT2D eigenvalue weighted by atomic mass is 10.2. The SMILES string of the molecule is C=CCOc1ccc(CNC(C)C)cc1Cl. The molecule has 1 aromatic carbocycles. The number of halogens is 1. The van der Waals surface area contributed by atoms with E-state index in [0.717, 1.165) is 12.1 Å². The third-order valence-corrected chi connectivity index (χ3v) is 2.36. The zero-order valence-electron chi connectivity index (χ0n) is 9.79. The van der Waals surface area contributed by atoms with Crippen LogP contribution in [0.4, 0.5) is 0 Å². The molecule has 0 unspecified atom stereocenters. The fraction of sp³-hybridized carbons (Fsp3) is 0.385. The quantitative estimate of drug-likeness (QED) is 0.769. The van der Waals surface area contributed by atoms with Gasteiger partial charge in [-0.05, 0) is 17.7 Å². The number of ether oxygens (including phenoxy) is 1. The van der Waals surface area contributed by atoms with Crippen molar-refractivity contribution in [3.8, 4) is 5.75 Å². The molecule has 3 heteroatoms. The van der Waals surface area contributed by atoms with E-state index in [1.165, 1.54) is 0 Å². The minimum absolute atomic E-state index is 0.468. The summed E-state index contributed by atoms with van der Waals surface area (Å²) in [6, 6.07) is 6.30. The Balaban J connectivity index is 2.63. The van der Waals surface area contributed by atoms with Crippen molar-refractivity contribution in [2.75, 3.05) is 6.61 Å². The number of rotatable bonds is 6. The second-order valence-electron chi connectivity index (χ2n) is 3.90. The number of hydrogen-bond acceptors (Lipinski definition) is 2. The van der Waals surface area contributed by atoms with Gasteiger partial charge in [-0.25, -0.2) is 0 Å². The molecule has 1 aromatic rings. The van der Waals surface area contributed by atoms with Gasteiger partial charge in [0.25, 0.3) is 0 Å². The third kappa shape index (κ3) is 4.25. The lowest BCUT2D eigenvalue weighted by Crippen LogP contribution is -2.21. The summed E-state index contributed by atoms with van der Waals surface area (Å²) < 4.78 is 5.40. The molecule has 0 amide bonds. The van der Waals surface area contributed by atoms with Gasteiger partial charge in [0.1, 0.15) is 12.4 Å². The summed E-state index contributed by atoms with van der Waals surface area (Å²) in [5, 5.41) is 3.98. The molecule has 0 aliphatic heterocycles. The van der Waals surface area contributed by atoms with Gasteiger partial charge in [-0.1, -0.05) is 44.2 Å². The fourth-order valence-corrected chi connectivity index (χ4v) is 1.50. The van der Waals surface area contributed by atoms with Crippen molar-refractivity contribution in [1.29, 1.82) is 0 Å². The van der Waals surface area contributed by atoms with Crippen LogP contribution in [0, 0.1) is 0 Å². The Morgan fingerprint density at radius 3 is 2.81 bits per heavy atom. The first-order chi connectivity index (χ1) is 7.63.